The van der Waals surface area contributed by atoms with E-state index < -0.39 is 18.1 Å². The number of carboxylic acids is 1. The fourth-order valence-corrected chi connectivity index (χ4v) is 3.92. The van der Waals surface area contributed by atoms with Crippen LogP contribution >= 0.6 is 0 Å². The van der Waals surface area contributed by atoms with Crippen LogP contribution in [0.5, 0.6) is 0 Å². The fraction of sp³-hybridized carbons (Fsp3) is 0.550. The number of carbonyl (C=O) groups excluding carboxylic acids is 1. The van der Waals surface area contributed by atoms with Crippen LogP contribution in [0.2, 0.25) is 0 Å². The summed E-state index contributed by atoms with van der Waals surface area (Å²) in [5.74, 6) is -0.571. The number of piperidine rings is 1. The van der Waals surface area contributed by atoms with Crippen LogP contribution in [0.3, 0.4) is 0 Å². The minimum absolute atomic E-state index is 0.0829. The van der Waals surface area contributed by atoms with Crippen molar-refractivity contribution in [1.29, 1.82) is 10.5 Å². The highest BCUT2D eigenvalue weighted by Crippen LogP contribution is 2.27. The fourth-order valence-electron chi connectivity index (χ4n) is 3.92. The summed E-state index contributed by atoms with van der Waals surface area (Å²) in [5.41, 5.74) is -0.0580. The molecular formula is C20H24N6O3. The number of pyridine rings is 1. The Morgan fingerprint density at radius 2 is 1.90 bits per heavy atom. The van der Waals surface area contributed by atoms with E-state index in [1.807, 2.05) is 11.8 Å². The zero-order chi connectivity index (χ0) is 21.0. The summed E-state index contributed by atoms with van der Waals surface area (Å²) in [7, 11) is 0. The molecule has 152 valence electrons. The molecule has 2 fully saturated rings. The lowest BCUT2D eigenvalue weighted by molar-refractivity contribution is -0.131. The van der Waals surface area contributed by atoms with Gasteiger partial charge in [-0.05, 0) is 44.7 Å². The van der Waals surface area contributed by atoms with E-state index in [9.17, 15) is 20.1 Å². The van der Waals surface area contributed by atoms with Gasteiger partial charge in [-0.2, -0.15) is 10.5 Å². The zero-order valence-electron chi connectivity index (χ0n) is 16.3. The number of rotatable bonds is 5. The molecule has 0 aromatic carbocycles. The third-order valence-electron chi connectivity index (χ3n) is 5.82. The van der Waals surface area contributed by atoms with E-state index in [0.717, 1.165) is 12.8 Å². The van der Waals surface area contributed by atoms with Gasteiger partial charge in [0.25, 0.3) is 0 Å². The number of aromatic carboxylic acids is 1. The van der Waals surface area contributed by atoms with Crippen molar-refractivity contribution in [3.05, 3.63) is 23.9 Å². The first-order chi connectivity index (χ1) is 13.9. The molecule has 1 amide bonds. The first kappa shape index (κ1) is 20.6. The predicted molar refractivity (Wildman–Crippen MR) is 104 cm³/mol. The molecule has 1 unspecified atom stereocenters. The number of carboxylic acid groups (broad SMARTS) is 1. The van der Waals surface area contributed by atoms with Crippen LogP contribution < -0.4 is 10.2 Å². The van der Waals surface area contributed by atoms with Gasteiger partial charge in [0.1, 0.15) is 17.9 Å². The standard InChI is InChI=1S/C20H24N6O3/c1-20(24-13-18(27)26-15(11-21)2-3-16(26)12-22)5-8-25(9-6-20)17-10-14(19(28)29)4-7-23-17/h4,7,10,15-16,24H,2-3,5-6,8-9,13H2,1H3,(H,28,29)/t15-,16?/m0/s1. The molecule has 3 rings (SSSR count). The zero-order valence-corrected chi connectivity index (χ0v) is 16.3. The van der Waals surface area contributed by atoms with E-state index in [4.69, 9.17) is 5.11 Å². The molecule has 29 heavy (non-hydrogen) atoms. The second-order valence-electron chi connectivity index (χ2n) is 7.78. The van der Waals surface area contributed by atoms with Gasteiger partial charge < -0.3 is 20.2 Å². The summed E-state index contributed by atoms with van der Waals surface area (Å²) in [5, 5.41) is 30.9. The van der Waals surface area contributed by atoms with Gasteiger partial charge >= 0.3 is 5.97 Å². The van der Waals surface area contributed by atoms with Gasteiger partial charge in [-0.1, -0.05) is 0 Å². The largest absolute Gasteiger partial charge is 0.478 e. The van der Waals surface area contributed by atoms with Crippen LogP contribution in [-0.2, 0) is 4.79 Å². The number of amides is 1. The molecule has 0 saturated carbocycles. The Morgan fingerprint density at radius 1 is 1.28 bits per heavy atom. The number of hydrogen-bond acceptors (Lipinski definition) is 7. The van der Waals surface area contributed by atoms with E-state index in [2.05, 4.69) is 22.4 Å². The van der Waals surface area contributed by atoms with Crippen molar-refractivity contribution in [2.45, 2.75) is 50.2 Å². The van der Waals surface area contributed by atoms with Gasteiger partial charge in [0.05, 0.1) is 24.2 Å². The van der Waals surface area contributed by atoms with Gasteiger partial charge in [0.15, 0.2) is 0 Å². The summed E-state index contributed by atoms with van der Waals surface area (Å²) in [6.45, 7) is 3.49. The summed E-state index contributed by atoms with van der Waals surface area (Å²) in [6.07, 6.45) is 4.08. The maximum Gasteiger partial charge on any atom is 0.335 e. The smallest absolute Gasteiger partial charge is 0.335 e. The minimum atomic E-state index is -0.982. The molecule has 3 heterocycles. The molecule has 1 aromatic rings. The van der Waals surface area contributed by atoms with Crippen LogP contribution in [0, 0.1) is 22.7 Å². The number of hydrogen-bond donors (Lipinski definition) is 2. The Balaban J connectivity index is 1.56. The van der Waals surface area contributed by atoms with Crippen molar-refractivity contribution in [1.82, 2.24) is 15.2 Å². The van der Waals surface area contributed by atoms with Crippen LogP contribution in [0.25, 0.3) is 0 Å². The highest BCUT2D eigenvalue weighted by molar-refractivity contribution is 5.88. The molecule has 9 heteroatoms. The number of nitriles is 2. The highest BCUT2D eigenvalue weighted by Gasteiger charge is 2.38. The molecule has 2 N–H and O–H groups in total. The van der Waals surface area contributed by atoms with E-state index >= 15 is 0 Å². The third kappa shape index (κ3) is 4.47. The second kappa shape index (κ2) is 8.46. The van der Waals surface area contributed by atoms with E-state index in [-0.39, 0.29) is 23.6 Å². The lowest BCUT2D eigenvalue weighted by Gasteiger charge is -2.41. The van der Waals surface area contributed by atoms with Crippen molar-refractivity contribution in [3.8, 4) is 12.1 Å². The molecular weight excluding hydrogens is 372 g/mol. The van der Waals surface area contributed by atoms with Crippen molar-refractivity contribution in [3.63, 3.8) is 0 Å². The maximum absolute atomic E-state index is 12.6. The third-order valence-corrected chi connectivity index (χ3v) is 5.82. The van der Waals surface area contributed by atoms with Gasteiger partial charge in [-0.25, -0.2) is 9.78 Å². The van der Waals surface area contributed by atoms with Crippen molar-refractivity contribution >= 4 is 17.7 Å². The first-order valence-corrected chi connectivity index (χ1v) is 9.66. The van der Waals surface area contributed by atoms with E-state index in [1.165, 1.54) is 17.2 Å². The Bertz CT molecular complexity index is 844. The Morgan fingerprint density at radius 3 is 2.45 bits per heavy atom. The monoisotopic (exact) mass is 396 g/mol. The van der Waals surface area contributed by atoms with Crippen LogP contribution in [0.1, 0.15) is 43.0 Å². The molecule has 0 spiro atoms. The average Bonchev–Trinajstić information content (AvgIpc) is 3.16. The van der Waals surface area contributed by atoms with Crippen LogP contribution in [0.4, 0.5) is 5.82 Å². The molecule has 2 atom stereocenters. The molecule has 2 aliphatic rings. The number of nitrogens with one attached hydrogen (secondary N) is 1. The molecule has 9 nitrogen and oxygen atoms in total. The summed E-state index contributed by atoms with van der Waals surface area (Å²) < 4.78 is 0. The second-order valence-corrected chi connectivity index (χ2v) is 7.78. The van der Waals surface area contributed by atoms with E-state index in [0.29, 0.717) is 31.7 Å². The lowest BCUT2D eigenvalue weighted by atomic mass is 9.89. The summed E-state index contributed by atoms with van der Waals surface area (Å²) >= 11 is 0. The lowest BCUT2D eigenvalue weighted by Crippen LogP contribution is -2.55. The van der Waals surface area contributed by atoms with E-state index in [1.54, 1.807) is 6.07 Å². The molecule has 2 aliphatic heterocycles. The van der Waals surface area contributed by atoms with Gasteiger partial charge in [0, 0.05) is 24.8 Å². The maximum atomic E-state index is 12.6. The molecule has 0 aliphatic carbocycles. The molecule has 0 bridgehead atoms. The van der Waals surface area contributed by atoms with Crippen molar-refractivity contribution in [2.75, 3.05) is 24.5 Å². The quantitative estimate of drug-likeness (QED) is 0.757. The summed E-state index contributed by atoms with van der Waals surface area (Å²) in [6, 6.07) is 6.20. The highest BCUT2D eigenvalue weighted by atomic mass is 16.4. The minimum Gasteiger partial charge on any atom is -0.478 e. The SMILES string of the molecule is CC1(NCC(=O)N2C(C#N)CC[C@H]2C#N)CCN(c2cc(C(=O)O)ccn2)CC1. The van der Waals surface area contributed by atoms with Gasteiger partial charge in [-0.15, -0.1) is 0 Å². The Labute approximate surface area is 169 Å². The van der Waals surface area contributed by atoms with Crippen LogP contribution in [0.15, 0.2) is 18.3 Å². The van der Waals surface area contributed by atoms with Crippen molar-refractivity contribution in [2.24, 2.45) is 0 Å². The predicted octanol–water partition coefficient (Wildman–Crippen LogP) is 1.14. The summed E-state index contributed by atoms with van der Waals surface area (Å²) in [4.78, 5) is 31.5. The number of anilines is 1. The first-order valence-electron chi connectivity index (χ1n) is 9.66. The molecule has 1 aromatic heterocycles. The number of aromatic nitrogens is 1. The topological polar surface area (TPSA) is 133 Å². The van der Waals surface area contributed by atoms with Crippen molar-refractivity contribution < 1.29 is 14.7 Å². The van der Waals surface area contributed by atoms with Gasteiger partial charge in [-0.3, -0.25) is 4.79 Å². The average molecular weight is 396 g/mol. The normalized spacial score (nSPS) is 23.3. The molecule has 2 saturated heterocycles. The number of likely N-dealkylation sites (tertiary alicyclic amines) is 1. The number of nitrogens with zero attached hydrogens (tertiary/aromatic N) is 5. The Hall–Kier alpha value is -3.17. The Kier molecular flexibility index (Phi) is 6.00. The molecule has 0 radical (unpaired) electrons. The number of carbonyl (C=O) groups is 2. The van der Waals surface area contributed by atoms with Crippen LogP contribution in [-0.4, -0.2) is 64.1 Å². The van der Waals surface area contributed by atoms with Gasteiger partial charge in [0.2, 0.25) is 5.91 Å².